The molecule has 1 aliphatic rings. The SMILES string of the molecule is OCc1cc(OC2CCOC2)ccn1. The van der Waals surface area contributed by atoms with Gasteiger partial charge in [0, 0.05) is 18.7 Å². The monoisotopic (exact) mass is 195 g/mol. The Bertz CT molecular complexity index is 297. The van der Waals surface area contributed by atoms with Gasteiger partial charge in [-0.05, 0) is 6.07 Å². The number of rotatable bonds is 3. The minimum atomic E-state index is -0.0572. The van der Waals surface area contributed by atoms with Gasteiger partial charge in [0.2, 0.25) is 0 Å². The molecule has 0 aliphatic carbocycles. The van der Waals surface area contributed by atoms with Gasteiger partial charge in [0.05, 0.1) is 25.5 Å². The van der Waals surface area contributed by atoms with E-state index in [-0.39, 0.29) is 12.7 Å². The van der Waals surface area contributed by atoms with E-state index in [1.807, 2.05) is 0 Å². The van der Waals surface area contributed by atoms with E-state index < -0.39 is 0 Å². The molecule has 1 atom stereocenters. The average molecular weight is 195 g/mol. The zero-order valence-electron chi connectivity index (χ0n) is 7.85. The molecule has 1 fully saturated rings. The van der Waals surface area contributed by atoms with E-state index in [1.165, 1.54) is 0 Å². The van der Waals surface area contributed by atoms with Gasteiger partial charge in [-0.15, -0.1) is 0 Å². The van der Waals surface area contributed by atoms with Crippen molar-refractivity contribution < 1.29 is 14.6 Å². The second-order valence-electron chi connectivity index (χ2n) is 3.24. The molecule has 1 aromatic rings. The quantitative estimate of drug-likeness (QED) is 0.773. The van der Waals surface area contributed by atoms with Crippen molar-refractivity contribution in [2.75, 3.05) is 13.2 Å². The second-order valence-corrected chi connectivity index (χ2v) is 3.24. The molecule has 0 saturated carbocycles. The number of aliphatic hydroxyl groups excluding tert-OH is 1. The first-order valence-electron chi connectivity index (χ1n) is 4.68. The Morgan fingerprint density at radius 1 is 1.64 bits per heavy atom. The van der Waals surface area contributed by atoms with Gasteiger partial charge in [-0.25, -0.2) is 0 Å². The van der Waals surface area contributed by atoms with Crippen molar-refractivity contribution >= 4 is 0 Å². The summed E-state index contributed by atoms with van der Waals surface area (Å²) in [5.74, 6) is 0.750. The van der Waals surface area contributed by atoms with E-state index in [1.54, 1.807) is 18.3 Å². The first-order chi connectivity index (χ1) is 6.88. The number of nitrogens with zero attached hydrogens (tertiary/aromatic N) is 1. The van der Waals surface area contributed by atoms with Crippen molar-refractivity contribution in [1.29, 1.82) is 0 Å². The number of hydrogen-bond acceptors (Lipinski definition) is 4. The standard InChI is InChI=1S/C10H13NO3/c12-6-8-5-9(1-3-11-8)14-10-2-4-13-7-10/h1,3,5,10,12H,2,4,6-7H2. The normalized spacial score (nSPS) is 21.1. The molecule has 2 rings (SSSR count). The number of aromatic nitrogens is 1. The lowest BCUT2D eigenvalue weighted by Crippen LogP contribution is -2.15. The molecule has 1 saturated heterocycles. The Morgan fingerprint density at radius 3 is 3.29 bits per heavy atom. The summed E-state index contributed by atoms with van der Waals surface area (Å²) in [6.07, 6.45) is 2.71. The van der Waals surface area contributed by atoms with E-state index >= 15 is 0 Å². The van der Waals surface area contributed by atoms with Crippen LogP contribution in [0.5, 0.6) is 5.75 Å². The Kier molecular flexibility index (Phi) is 2.96. The molecule has 0 aromatic carbocycles. The predicted octanol–water partition coefficient (Wildman–Crippen LogP) is 0.742. The van der Waals surface area contributed by atoms with Crippen LogP contribution in [0.15, 0.2) is 18.3 Å². The third-order valence-corrected chi connectivity index (χ3v) is 2.14. The predicted molar refractivity (Wildman–Crippen MR) is 50.0 cm³/mol. The average Bonchev–Trinajstić information content (AvgIpc) is 2.71. The Hall–Kier alpha value is -1.13. The summed E-state index contributed by atoms with van der Waals surface area (Å²) in [7, 11) is 0. The molecule has 14 heavy (non-hydrogen) atoms. The maximum absolute atomic E-state index is 8.88. The Labute approximate surface area is 82.5 Å². The summed E-state index contributed by atoms with van der Waals surface area (Å²) in [5, 5.41) is 8.88. The highest BCUT2D eigenvalue weighted by atomic mass is 16.5. The molecule has 0 amide bonds. The molecule has 76 valence electrons. The van der Waals surface area contributed by atoms with Crippen molar-refractivity contribution in [2.24, 2.45) is 0 Å². The molecular weight excluding hydrogens is 182 g/mol. The largest absolute Gasteiger partial charge is 0.488 e. The van der Waals surface area contributed by atoms with Gasteiger partial charge in [-0.1, -0.05) is 0 Å². The van der Waals surface area contributed by atoms with E-state index in [0.29, 0.717) is 12.3 Å². The van der Waals surface area contributed by atoms with Crippen molar-refractivity contribution in [3.8, 4) is 5.75 Å². The van der Waals surface area contributed by atoms with Crippen LogP contribution in [0.4, 0.5) is 0 Å². The summed E-state index contributed by atoms with van der Waals surface area (Å²) in [6.45, 7) is 1.36. The molecule has 1 unspecified atom stereocenters. The summed E-state index contributed by atoms with van der Waals surface area (Å²) >= 11 is 0. The Morgan fingerprint density at radius 2 is 2.57 bits per heavy atom. The van der Waals surface area contributed by atoms with Crippen LogP contribution < -0.4 is 4.74 Å². The smallest absolute Gasteiger partial charge is 0.124 e. The molecule has 1 aromatic heterocycles. The molecule has 4 nitrogen and oxygen atoms in total. The maximum Gasteiger partial charge on any atom is 0.124 e. The van der Waals surface area contributed by atoms with E-state index in [9.17, 15) is 0 Å². The van der Waals surface area contributed by atoms with Crippen molar-refractivity contribution in [3.63, 3.8) is 0 Å². The second kappa shape index (κ2) is 4.39. The highest BCUT2D eigenvalue weighted by molar-refractivity contribution is 5.22. The fraction of sp³-hybridized carbons (Fsp3) is 0.500. The molecule has 4 heteroatoms. The van der Waals surface area contributed by atoms with E-state index in [0.717, 1.165) is 18.8 Å². The number of pyridine rings is 1. The van der Waals surface area contributed by atoms with Crippen molar-refractivity contribution in [1.82, 2.24) is 4.98 Å². The topological polar surface area (TPSA) is 51.6 Å². The molecule has 1 aliphatic heterocycles. The van der Waals surface area contributed by atoms with Crippen LogP contribution in [0, 0.1) is 0 Å². The molecule has 1 N–H and O–H groups in total. The first kappa shape index (κ1) is 9.43. The fourth-order valence-corrected chi connectivity index (χ4v) is 1.41. The lowest BCUT2D eigenvalue weighted by atomic mass is 10.3. The molecule has 2 heterocycles. The van der Waals surface area contributed by atoms with Gasteiger partial charge < -0.3 is 14.6 Å². The molecule has 0 spiro atoms. The van der Waals surface area contributed by atoms with Crippen molar-refractivity contribution in [2.45, 2.75) is 19.1 Å². The van der Waals surface area contributed by atoms with Crippen LogP contribution in [0.1, 0.15) is 12.1 Å². The Balaban J connectivity index is 2.00. The van der Waals surface area contributed by atoms with Crippen LogP contribution in [0.2, 0.25) is 0 Å². The van der Waals surface area contributed by atoms with E-state index in [2.05, 4.69) is 4.98 Å². The van der Waals surface area contributed by atoms with Gasteiger partial charge >= 0.3 is 0 Å². The van der Waals surface area contributed by atoms with Crippen LogP contribution in [-0.4, -0.2) is 29.4 Å². The number of aliphatic hydroxyl groups is 1. The molecular formula is C10H13NO3. The van der Waals surface area contributed by atoms with E-state index in [4.69, 9.17) is 14.6 Å². The summed E-state index contributed by atoms with van der Waals surface area (Å²) in [6, 6.07) is 3.54. The minimum Gasteiger partial charge on any atom is -0.488 e. The van der Waals surface area contributed by atoms with Crippen LogP contribution in [-0.2, 0) is 11.3 Å². The maximum atomic E-state index is 8.88. The third kappa shape index (κ3) is 2.21. The minimum absolute atomic E-state index is 0.0572. The van der Waals surface area contributed by atoms with Gasteiger partial charge in [0.15, 0.2) is 0 Å². The zero-order valence-corrected chi connectivity index (χ0v) is 7.85. The fourth-order valence-electron chi connectivity index (χ4n) is 1.41. The third-order valence-electron chi connectivity index (χ3n) is 2.14. The number of ether oxygens (including phenoxy) is 2. The highest BCUT2D eigenvalue weighted by Crippen LogP contribution is 2.16. The lowest BCUT2D eigenvalue weighted by molar-refractivity contribution is 0.141. The van der Waals surface area contributed by atoms with Crippen LogP contribution >= 0.6 is 0 Å². The summed E-state index contributed by atoms with van der Waals surface area (Å²) in [4.78, 5) is 3.97. The van der Waals surface area contributed by atoms with Gasteiger partial charge in [0.25, 0.3) is 0 Å². The van der Waals surface area contributed by atoms with Crippen LogP contribution in [0.3, 0.4) is 0 Å². The zero-order chi connectivity index (χ0) is 9.80. The lowest BCUT2D eigenvalue weighted by Gasteiger charge is -2.11. The summed E-state index contributed by atoms with van der Waals surface area (Å²) in [5.41, 5.74) is 0.626. The molecule has 0 radical (unpaired) electrons. The number of hydrogen-bond donors (Lipinski definition) is 1. The molecule has 0 bridgehead atoms. The first-order valence-corrected chi connectivity index (χ1v) is 4.68. The van der Waals surface area contributed by atoms with Gasteiger partial charge in [-0.2, -0.15) is 0 Å². The van der Waals surface area contributed by atoms with Crippen molar-refractivity contribution in [3.05, 3.63) is 24.0 Å². The summed E-state index contributed by atoms with van der Waals surface area (Å²) < 4.78 is 10.8. The van der Waals surface area contributed by atoms with Crippen LogP contribution in [0.25, 0.3) is 0 Å². The van der Waals surface area contributed by atoms with Gasteiger partial charge in [-0.3, -0.25) is 4.98 Å². The highest BCUT2D eigenvalue weighted by Gasteiger charge is 2.17. The van der Waals surface area contributed by atoms with Gasteiger partial charge in [0.1, 0.15) is 11.9 Å².